The van der Waals surface area contributed by atoms with Crippen LogP contribution in [0.15, 0.2) is 47.6 Å². The van der Waals surface area contributed by atoms with Crippen molar-refractivity contribution < 1.29 is 28.3 Å². The Morgan fingerprint density at radius 3 is 2.43 bits per heavy atom. The summed E-state index contributed by atoms with van der Waals surface area (Å²) in [4.78, 5) is 32.0. The van der Waals surface area contributed by atoms with E-state index in [2.05, 4.69) is 5.16 Å². The van der Waals surface area contributed by atoms with Gasteiger partial charge in [-0.1, -0.05) is 5.16 Å². The summed E-state index contributed by atoms with van der Waals surface area (Å²) in [6, 6.07) is 10.4. The lowest BCUT2D eigenvalue weighted by molar-refractivity contribution is -0.136. The smallest absolute Gasteiger partial charge is 0.281 e. The van der Waals surface area contributed by atoms with Crippen molar-refractivity contribution in [3.05, 3.63) is 53.8 Å². The Morgan fingerprint density at radius 1 is 1.04 bits per heavy atom. The predicted octanol–water partition coefficient (Wildman–Crippen LogP) is 2.67. The maximum Gasteiger partial charge on any atom is 0.281 e. The van der Waals surface area contributed by atoms with Gasteiger partial charge >= 0.3 is 0 Å². The van der Waals surface area contributed by atoms with Gasteiger partial charge in [0.15, 0.2) is 11.5 Å². The normalized spacial score (nSPS) is 21.1. The molecule has 1 saturated heterocycles. The lowest BCUT2D eigenvalue weighted by Crippen LogP contribution is -2.40. The second-order valence-electron chi connectivity index (χ2n) is 6.56. The molecule has 0 aliphatic carbocycles. The molecule has 2 amide bonds. The fraction of sp³-hybridized carbons (Fsp3) is 0.250. The van der Waals surface area contributed by atoms with Crippen molar-refractivity contribution in [2.24, 2.45) is 5.16 Å². The van der Waals surface area contributed by atoms with Crippen LogP contribution in [-0.4, -0.2) is 37.3 Å². The van der Waals surface area contributed by atoms with Gasteiger partial charge in [0.05, 0.1) is 32.0 Å². The number of halogens is 1. The predicted molar refractivity (Wildman–Crippen MR) is 98.0 cm³/mol. The summed E-state index contributed by atoms with van der Waals surface area (Å²) < 4.78 is 23.7. The molecule has 1 fully saturated rings. The molecule has 0 N–H and O–H groups in total. The van der Waals surface area contributed by atoms with Crippen LogP contribution in [0.5, 0.6) is 11.5 Å². The monoisotopic (exact) mass is 384 g/mol. The Kier molecular flexibility index (Phi) is 4.26. The van der Waals surface area contributed by atoms with E-state index in [1.165, 1.54) is 38.5 Å². The highest BCUT2D eigenvalue weighted by Crippen LogP contribution is 2.40. The molecule has 2 aromatic rings. The average Bonchev–Trinajstić information content (AvgIpc) is 3.23. The van der Waals surface area contributed by atoms with E-state index in [1.807, 2.05) is 0 Å². The van der Waals surface area contributed by atoms with Crippen molar-refractivity contribution in [3.63, 3.8) is 0 Å². The van der Waals surface area contributed by atoms with Crippen LogP contribution in [0, 0.1) is 5.82 Å². The van der Waals surface area contributed by atoms with Crippen molar-refractivity contribution in [1.29, 1.82) is 0 Å². The Bertz CT molecular complexity index is 989. The molecule has 28 heavy (non-hydrogen) atoms. The molecular formula is C20H17FN2O5. The molecule has 8 heteroatoms. The second-order valence-corrected chi connectivity index (χ2v) is 6.56. The zero-order valence-corrected chi connectivity index (χ0v) is 15.3. The van der Waals surface area contributed by atoms with Crippen LogP contribution in [0.3, 0.4) is 0 Å². The lowest BCUT2D eigenvalue weighted by Gasteiger charge is -2.19. The van der Waals surface area contributed by atoms with Crippen LogP contribution in [-0.2, 0) is 14.4 Å². The fourth-order valence-electron chi connectivity index (χ4n) is 3.42. The molecule has 7 nitrogen and oxygen atoms in total. The van der Waals surface area contributed by atoms with Gasteiger partial charge in [-0.2, -0.15) is 0 Å². The zero-order chi connectivity index (χ0) is 19.9. The van der Waals surface area contributed by atoms with Crippen LogP contribution in [0.4, 0.5) is 10.1 Å². The van der Waals surface area contributed by atoms with Crippen molar-refractivity contribution in [3.8, 4) is 11.5 Å². The molecule has 144 valence electrons. The summed E-state index contributed by atoms with van der Waals surface area (Å²) in [5.74, 6) is -0.294. The Hall–Kier alpha value is -3.42. The van der Waals surface area contributed by atoms with E-state index in [1.54, 1.807) is 18.2 Å². The van der Waals surface area contributed by atoms with Crippen molar-refractivity contribution in [2.45, 2.75) is 18.4 Å². The van der Waals surface area contributed by atoms with E-state index in [0.717, 1.165) is 4.90 Å². The van der Waals surface area contributed by atoms with Gasteiger partial charge in [0, 0.05) is 12.0 Å². The molecule has 0 aromatic heterocycles. The number of nitrogens with zero attached hydrogens (tertiary/aromatic N) is 2. The quantitative estimate of drug-likeness (QED) is 0.758. The molecule has 2 aliphatic heterocycles. The molecule has 1 spiro atoms. The Labute approximate surface area is 160 Å². The van der Waals surface area contributed by atoms with Crippen LogP contribution in [0.25, 0.3) is 0 Å². The largest absolute Gasteiger partial charge is 0.493 e. The third-order valence-electron chi connectivity index (χ3n) is 4.86. The molecule has 0 radical (unpaired) electrons. The number of carbonyl (C=O) groups is 2. The van der Waals surface area contributed by atoms with Crippen LogP contribution < -0.4 is 14.4 Å². The maximum absolute atomic E-state index is 13.2. The van der Waals surface area contributed by atoms with E-state index < -0.39 is 23.2 Å². The van der Waals surface area contributed by atoms with E-state index >= 15 is 0 Å². The third-order valence-corrected chi connectivity index (χ3v) is 4.86. The van der Waals surface area contributed by atoms with Crippen molar-refractivity contribution in [2.75, 3.05) is 19.1 Å². The van der Waals surface area contributed by atoms with Crippen LogP contribution >= 0.6 is 0 Å². The summed E-state index contributed by atoms with van der Waals surface area (Å²) in [5, 5.41) is 4.06. The minimum Gasteiger partial charge on any atom is -0.493 e. The van der Waals surface area contributed by atoms with Gasteiger partial charge in [-0.15, -0.1) is 0 Å². The van der Waals surface area contributed by atoms with E-state index in [-0.39, 0.29) is 12.8 Å². The van der Waals surface area contributed by atoms with Crippen molar-refractivity contribution >= 4 is 23.2 Å². The molecule has 0 saturated carbocycles. The topological polar surface area (TPSA) is 77.4 Å². The number of imide groups is 1. The van der Waals surface area contributed by atoms with Gasteiger partial charge in [-0.25, -0.2) is 9.29 Å². The number of amides is 2. The summed E-state index contributed by atoms with van der Waals surface area (Å²) in [6.07, 6.45) is 0.00818. The Morgan fingerprint density at radius 2 is 1.75 bits per heavy atom. The Balaban J connectivity index is 1.59. The lowest BCUT2D eigenvalue weighted by atomic mass is 9.92. The summed E-state index contributed by atoms with van der Waals surface area (Å²) >= 11 is 0. The average molecular weight is 384 g/mol. The van der Waals surface area contributed by atoms with Gasteiger partial charge in [0.2, 0.25) is 11.5 Å². The molecule has 2 heterocycles. The number of rotatable bonds is 4. The number of anilines is 1. The number of carbonyl (C=O) groups excluding carboxylic acids is 2. The number of benzene rings is 2. The first-order valence-electron chi connectivity index (χ1n) is 8.58. The summed E-state index contributed by atoms with van der Waals surface area (Å²) in [5.41, 5.74) is 0.156. The van der Waals surface area contributed by atoms with Gasteiger partial charge in [0.1, 0.15) is 5.82 Å². The number of hydrogen-bond donors (Lipinski definition) is 0. The van der Waals surface area contributed by atoms with E-state index in [0.29, 0.717) is 28.5 Å². The molecule has 0 bridgehead atoms. The highest BCUT2D eigenvalue weighted by atomic mass is 19.1. The fourth-order valence-corrected chi connectivity index (χ4v) is 3.42. The van der Waals surface area contributed by atoms with E-state index in [9.17, 15) is 14.0 Å². The zero-order valence-electron chi connectivity index (χ0n) is 15.3. The first-order valence-corrected chi connectivity index (χ1v) is 8.58. The highest BCUT2D eigenvalue weighted by molar-refractivity contribution is 6.25. The standard InChI is InChI=1S/C20H17FN2O5/c1-26-16-8-3-12(9-17(16)27-2)15-10-20(28-22-15)11-18(24)23(19(20)25)14-6-4-13(21)5-7-14/h3-9H,10-11H2,1-2H3. The molecule has 2 aromatic carbocycles. The number of ether oxygens (including phenoxy) is 2. The minimum atomic E-state index is -1.38. The SMILES string of the molecule is COc1ccc(C2=NOC3(CC(=O)N(c4ccc(F)cc4)C3=O)C2)cc1OC. The van der Waals surface area contributed by atoms with Gasteiger partial charge in [0.25, 0.3) is 5.91 Å². The number of hydrogen-bond acceptors (Lipinski definition) is 6. The summed E-state index contributed by atoms with van der Waals surface area (Å²) in [7, 11) is 3.06. The van der Waals surface area contributed by atoms with Gasteiger partial charge in [-0.05, 0) is 42.5 Å². The highest BCUT2D eigenvalue weighted by Gasteiger charge is 2.58. The maximum atomic E-state index is 13.2. The van der Waals surface area contributed by atoms with Crippen molar-refractivity contribution in [1.82, 2.24) is 0 Å². The van der Waals surface area contributed by atoms with E-state index in [4.69, 9.17) is 14.3 Å². The molecule has 4 rings (SSSR count). The molecule has 1 unspecified atom stereocenters. The first kappa shape index (κ1) is 18.0. The number of methoxy groups -OCH3 is 2. The van der Waals surface area contributed by atoms with Crippen LogP contribution in [0.1, 0.15) is 18.4 Å². The number of oxime groups is 1. The molecular weight excluding hydrogens is 367 g/mol. The first-order chi connectivity index (χ1) is 13.5. The second kappa shape index (κ2) is 6.63. The van der Waals surface area contributed by atoms with Gasteiger partial charge in [-0.3, -0.25) is 9.59 Å². The molecule has 1 atom stereocenters. The van der Waals surface area contributed by atoms with Crippen LogP contribution in [0.2, 0.25) is 0 Å². The molecule has 2 aliphatic rings. The third kappa shape index (κ3) is 2.77. The summed E-state index contributed by atoms with van der Waals surface area (Å²) in [6.45, 7) is 0. The van der Waals surface area contributed by atoms with Gasteiger partial charge < -0.3 is 14.3 Å². The minimum absolute atomic E-state index is 0.135.